The van der Waals surface area contributed by atoms with Gasteiger partial charge in [-0.2, -0.15) is 0 Å². The SMILES string of the molecule is CC1=C\[C@@H](O)C/C(=N\OCC(=O)[C@@H](CO)C(=O)O)Cc2nc(co2)C(=O)N2CCC=C2C(=O)OC(C(C)C)[C@H](C)/C=C/C(=O)NC\C=C\1. The van der Waals surface area contributed by atoms with Gasteiger partial charge in [0.1, 0.15) is 24.0 Å². The van der Waals surface area contributed by atoms with Gasteiger partial charge in [-0.25, -0.2) is 9.78 Å². The lowest BCUT2D eigenvalue weighted by molar-refractivity contribution is -0.150. The topological polar surface area (TPSA) is 218 Å². The van der Waals surface area contributed by atoms with E-state index in [1.807, 2.05) is 20.8 Å². The van der Waals surface area contributed by atoms with E-state index in [0.717, 1.165) is 6.26 Å². The molecule has 2 aliphatic rings. The maximum absolute atomic E-state index is 13.4. The van der Waals surface area contributed by atoms with Crippen molar-refractivity contribution in [2.24, 2.45) is 22.9 Å². The van der Waals surface area contributed by atoms with Crippen molar-refractivity contribution in [3.63, 3.8) is 0 Å². The molecule has 3 rings (SSSR count). The van der Waals surface area contributed by atoms with Gasteiger partial charge >= 0.3 is 11.9 Å². The van der Waals surface area contributed by atoms with Crippen molar-refractivity contribution in [3.8, 4) is 0 Å². The quantitative estimate of drug-likeness (QED) is 0.185. The van der Waals surface area contributed by atoms with Gasteiger partial charge in [-0.15, -0.1) is 0 Å². The normalized spacial score (nSPS) is 25.6. The van der Waals surface area contributed by atoms with Crippen molar-refractivity contribution in [1.29, 1.82) is 0 Å². The molecule has 15 nitrogen and oxygen atoms in total. The van der Waals surface area contributed by atoms with Crippen molar-refractivity contribution in [1.82, 2.24) is 15.2 Å². The lowest BCUT2D eigenvalue weighted by Crippen LogP contribution is -2.36. The number of cyclic esters (lactones) is 1. The molecular formula is C33H42N4O11. The molecule has 0 saturated carbocycles. The van der Waals surface area contributed by atoms with E-state index in [9.17, 15) is 34.2 Å². The Hall–Kier alpha value is -4.89. The Labute approximate surface area is 277 Å². The van der Waals surface area contributed by atoms with Crippen LogP contribution in [0.2, 0.25) is 0 Å². The van der Waals surface area contributed by atoms with Crippen molar-refractivity contribution >= 4 is 35.2 Å². The van der Waals surface area contributed by atoms with Gasteiger partial charge in [0.15, 0.2) is 18.1 Å². The molecule has 260 valence electrons. The molecule has 0 spiro atoms. The smallest absolute Gasteiger partial charge is 0.355 e. The monoisotopic (exact) mass is 670 g/mol. The minimum Gasteiger partial charge on any atom is -0.481 e. The van der Waals surface area contributed by atoms with Crippen LogP contribution in [-0.4, -0.2) is 99.0 Å². The highest BCUT2D eigenvalue weighted by atomic mass is 16.6. The molecule has 3 heterocycles. The van der Waals surface area contributed by atoms with E-state index in [2.05, 4.69) is 15.5 Å². The van der Waals surface area contributed by atoms with Crippen LogP contribution in [0, 0.1) is 17.8 Å². The number of aliphatic carboxylic acids is 1. The zero-order valence-electron chi connectivity index (χ0n) is 27.3. The number of aliphatic hydroxyl groups is 2. The zero-order chi connectivity index (χ0) is 35.4. The molecule has 1 unspecified atom stereocenters. The molecule has 4 N–H and O–H groups in total. The number of rotatable bonds is 7. The molecule has 1 aromatic heterocycles. The Balaban J connectivity index is 1.92. The van der Waals surface area contributed by atoms with Crippen LogP contribution in [0.1, 0.15) is 56.9 Å². The third-order valence-electron chi connectivity index (χ3n) is 7.48. The number of carboxylic acid groups (broad SMARTS) is 1. The first-order chi connectivity index (χ1) is 22.8. The molecule has 2 bridgehead atoms. The van der Waals surface area contributed by atoms with E-state index in [4.69, 9.17) is 19.1 Å². The summed E-state index contributed by atoms with van der Waals surface area (Å²) in [5, 5.41) is 35.7. The largest absolute Gasteiger partial charge is 0.481 e. The molecule has 0 saturated heterocycles. The molecule has 0 aliphatic carbocycles. The number of aromatic nitrogens is 1. The number of carbonyl (C=O) groups excluding carboxylic acids is 4. The highest BCUT2D eigenvalue weighted by Crippen LogP contribution is 2.24. The van der Waals surface area contributed by atoms with Gasteiger partial charge < -0.3 is 39.5 Å². The third kappa shape index (κ3) is 10.8. The fourth-order valence-electron chi connectivity index (χ4n) is 5.02. The second-order valence-corrected chi connectivity index (χ2v) is 11.8. The minimum atomic E-state index is -1.69. The maximum Gasteiger partial charge on any atom is 0.355 e. The van der Waals surface area contributed by atoms with Gasteiger partial charge in [0, 0.05) is 25.4 Å². The Bertz CT molecular complexity index is 1500. The Morgan fingerprint density at radius 2 is 1.98 bits per heavy atom. The predicted molar refractivity (Wildman–Crippen MR) is 170 cm³/mol. The van der Waals surface area contributed by atoms with Gasteiger partial charge in [0.05, 0.1) is 24.8 Å². The van der Waals surface area contributed by atoms with Gasteiger partial charge in [0.2, 0.25) is 11.8 Å². The number of oxazole rings is 1. The fraction of sp³-hybridized carbons (Fsp3) is 0.485. The molecular weight excluding hydrogens is 628 g/mol. The van der Waals surface area contributed by atoms with Gasteiger partial charge in [-0.3, -0.25) is 19.2 Å². The first kappa shape index (κ1) is 37.6. The summed E-state index contributed by atoms with van der Waals surface area (Å²) in [4.78, 5) is 73.1. The van der Waals surface area contributed by atoms with E-state index in [-0.39, 0.29) is 66.7 Å². The zero-order valence-corrected chi connectivity index (χ0v) is 27.3. The van der Waals surface area contributed by atoms with Crippen LogP contribution in [0.15, 0.2) is 63.6 Å². The number of oxime groups is 1. The van der Waals surface area contributed by atoms with Gasteiger partial charge in [0.25, 0.3) is 5.91 Å². The van der Waals surface area contributed by atoms with Crippen molar-refractivity contribution in [2.45, 2.75) is 59.2 Å². The number of fused-ring (bicyclic) bond motifs is 3. The fourth-order valence-corrected chi connectivity index (χ4v) is 5.02. The third-order valence-corrected chi connectivity index (χ3v) is 7.48. The van der Waals surface area contributed by atoms with Crippen LogP contribution >= 0.6 is 0 Å². The Morgan fingerprint density at radius 1 is 1.23 bits per heavy atom. The molecule has 15 heteroatoms. The lowest BCUT2D eigenvalue weighted by atomic mass is 9.94. The van der Waals surface area contributed by atoms with Crippen molar-refractivity contribution < 1.29 is 53.3 Å². The van der Waals surface area contributed by atoms with Gasteiger partial charge in [-0.05, 0) is 25.3 Å². The first-order valence-electron chi connectivity index (χ1n) is 15.5. The van der Waals surface area contributed by atoms with Crippen LogP contribution in [-0.2, 0) is 35.2 Å². The molecule has 2 aliphatic heterocycles. The van der Waals surface area contributed by atoms with Crippen LogP contribution < -0.4 is 5.32 Å². The van der Waals surface area contributed by atoms with Crippen LogP contribution in [0.5, 0.6) is 0 Å². The highest BCUT2D eigenvalue weighted by molar-refractivity contribution is 6.01. The van der Waals surface area contributed by atoms with Crippen LogP contribution in [0.25, 0.3) is 0 Å². The average Bonchev–Trinajstić information content (AvgIpc) is 3.70. The molecule has 48 heavy (non-hydrogen) atoms. The average molecular weight is 671 g/mol. The van der Waals surface area contributed by atoms with Crippen molar-refractivity contribution in [2.75, 3.05) is 26.3 Å². The molecule has 0 fully saturated rings. The number of aliphatic hydroxyl groups excluding tert-OH is 2. The number of carboxylic acids is 1. The van der Waals surface area contributed by atoms with E-state index in [1.54, 1.807) is 31.2 Å². The number of carbonyl (C=O) groups is 5. The number of ketones is 1. The predicted octanol–water partition coefficient (Wildman–Crippen LogP) is 1.73. The number of amides is 2. The maximum atomic E-state index is 13.4. The molecule has 1 aromatic rings. The number of ether oxygens (including phenoxy) is 1. The number of nitrogens with zero attached hydrogens (tertiary/aromatic N) is 3. The number of Topliss-reactive ketones (excluding diaryl/α,β-unsaturated/α-hetero) is 1. The molecule has 0 aromatic carbocycles. The second-order valence-electron chi connectivity index (χ2n) is 11.8. The summed E-state index contributed by atoms with van der Waals surface area (Å²) in [6, 6.07) is 0. The molecule has 2 amide bonds. The Kier molecular flexibility index (Phi) is 14.0. The second kappa shape index (κ2) is 17.9. The van der Waals surface area contributed by atoms with E-state index in [1.165, 1.54) is 17.1 Å². The molecule has 0 radical (unpaired) electrons. The molecule has 4 atom stereocenters. The first-order valence-corrected chi connectivity index (χ1v) is 15.5. The summed E-state index contributed by atoms with van der Waals surface area (Å²) in [6.45, 7) is 6.06. The van der Waals surface area contributed by atoms with E-state index in [0.29, 0.717) is 12.0 Å². The van der Waals surface area contributed by atoms with Crippen LogP contribution in [0.4, 0.5) is 0 Å². The van der Waals surface area contributed by atoms with E-state index < -0.39 is 55.0 Å². The minimum absolute atomic E-state index is 0.0144. The van der Waals surface area contributed by atoms with E-state index >= 15 is 0 Å². The summed E-state index contributed by atoms with van der Waals surface area (Å²) in [5.41, 5.74) is 0.747. The highest BCUT2D eigenvalue weighted by Gasteiger charge is 2.33. The number of esters is 1. The Morgan fingerprint density at radius 3 is 2.67 bits per heavy atom. The summed E-state index contributed by atoms with van der Waals surface area (Å²) in [6.07, 6.45) is 9.09. The van der Waals surface area contributed by atoms with Crippen molar-refractivity contribution in [3.05, 3.63) is 65.6 Å². The number of allylic oxidation sites excluding steroid dienone is 2. The summed E-state index contributed by atoms with van der Waals surface area (Å²) in [7, 11) is 0. The summed E-state index contributed by atoms with van der Waals surface area (Å²) < 4.78 is 11.4. The number of nitrogens with one attached hydrogen (secondary N) is 1. The van der Waals surface area contributed by atoms with Crippen LogP contribution in [0.3, 0.4) is 0 Å². The summed E-state index contributed by atoms with van der Waals surface area (Å²) in [5.74, 6) is -6.18. The standard InChI is InChI=1S/C33H42N4O11/c1-19(2)30-21(4)9-10-28(41)34-11-5-7-20(3)13-23(39)14-22(36-47-18-27(40)24(16-38)32(43)44)15-29-35-25(17-46-29)31(42)37-12-6-8-26(37)33(45)48-30/h5,7-10,13,17,19,21,23-24,30,38-39H,6,11-12,14-16,18H2,1-4H3,(H,34,41)(H,43,44)/b7-5+,10-9+,20-13+,36-22+/t21-,23-,24-,30?/m1/s1. The lowest BCUT2D eigenvalue weighted by Gasteiger charge is -2.27. The van der Waals surface area contributed by atoms with Gasteiger partial charge in [-0.1, -0.05) is 61.9 Å². The summed E-state index contributed by atoms with van der Waals surface area (Å²) >= 11 is 0. The number of hydrogen-bond donors (Lipinski definition) is 4. The number of hydrogen-bond acceptors (Lipinski definition) is 12.